The highest BCUT2D eigenvalue weighted by Crippen LogP contribution is 2.40. The third kappa shape index (κ3) is 4.35. The van der Waals surface area contributed by atoms with Crippen LogP contribution in [0, 0.1) is 0 Å². The van der Waals surface area contributed by atoms with Gasteiger partial charge < -0.3 is 9.47 Å². The Bertz CT molecular complexity index is 2510. The van der Waals surface area contributed by atoms with E-state index in [4.69, 9.17) is 0 Å². The van der Waals surface area contributed by atoms with Crippen molar-refractivity contribution in [2.75, 3.05) is 4.90 Å². The zero-order chi connectivity index (χ0) is 30.5. The van der Waals surface area contributed by atoms with Crippen LogP contribution in [0.5, 0.6) is 0 Å². The quantitative estimate of drug-likeness (QED) is 0.182. The van der Waals surface area contributed by atoms with E-state index < -0.39 is 0 Å². The summed E-state index contributed by atoms with van der Waals surface area (Å²) in [6.45, 7) is 0. The first-order valence-electron chi connectivity index (χ1n) is 15.8. The first-order valence-corrected chi connectivity index (χ1v) is 15.8. The predicted octanol–water partition coefficient (Wildman–Crippen LogP) is 12.2. The van der Waals surface area contributed by atoms with Gasteiger partial charge in [0, 0.05) is 33.5 Å². The summed E-state index contributed by atoms with van der Waals surface area (Å²) in [5.41, 5.74) is 9.32. The van der Waals surface area contributed by atoms with Gasteiger partial charge in [-0.05, 0) is 93.3 Å². The molecule has 0 fully saturated rings. The second-order valence-electron chi connectivity index (χ2n) is 11.8. The van der Waals surface area contributed by atoms with Crippen molar-refractivity contribution in [3.8, 4) is 16.8 Å². The number of hydrogen-bond acceptors (Lipinski definition) is 1. The zero-order valence-corrected chi connectivity index (χ0v) is 25.2. The molecule has 1 heterocycles. The van der Waals surface area contributed by atoms with Crippen molar-refractivity contribution in [1.29, 1.82) is 0 Å². The summed E-state index contributed by atoms with van der Waals surface area (Å²) in [6, 6.07) is 65.7. The summed E-state index contributed by atoms with van der Waals surface area (Å²) in [5, 5.41) is 7.61. The van der Waals surface area contributed by atoms with Crippen LogP contribution in [0.25, 0.3) is 60.2 Å². The lowest BCUT2D eigenvalue weighted by Crippen LogP contribution is -2.10. The first kappa shape index (κ1) is 26.3. The zero-order valence-electron chi connectivity index (χ0n) is 25.2. The molecule has 9 aromatic rings. The van der Waals surface area contributed by atoms with E-state index in [0.29, 0.717) is 0 Å². The fourth-order valence-electron chi connectivity index (χ4n) is 6.96. The lowest BCUT2D eigenvalue weighted by atomic mass is 9.97. The van der Waals surface area contributed by atoms with Gasteiger partial charge in [-0.3, -0.25) is 0 Å². The molecule has 0 bridgehead atoms. The number of nitrogens with zero attached hydrogens (tertiary/aromatic N) is 2. The van der Waals surface area contributed by atoms with Crippen LogP contribution in [0.15, 0.2) is 182 Å². The molecule has 0 amide bonds. The fourth-order valence-corrected chi connectivity index (χ4v) is 6.96. The van der Waals surface area contributed by atoms with Crippen molar-refractivity contribution in [3.63, 3.8) is 0 Å². The largest absolute Gasteiger partial charge is 0.310 e. The molecule has 1 aromatic heterocycles. The molecular weight excluding hydrogens is 556 g/mol. The van der Waals surface area contributed by atoms with Crippen LogP contribution in [-0.4, -0.2) is 4.57 Å². The Balaban J connectivity index is 1.18. The van der Waals surface area contributed by atoms with Crippen molar-refractivity contribution in [1.82, 2.24) is 4.57 Å². The molecule has 216 valence electrons. The number of fused-ring (bicyclic) bond motifs is 6. The summed E-state index contributed by atoms with van der Waals surface area (Å²) < 4.78 is 2.38. The average Bonchev–Trinajstić information content (AvgIpc) is 3.46. The van der Waals surface area contributed by atoms with Crippen LogP contribution in [0.3, 0.4) is 0 Å². The van der Waals surface area contributed by atoms with Gasteiger partial charge in [-0.15, -0.1) is 0 Å². The first-order chi connectivity index (χ1) is 22.8. The highest BCUT2D eigenvalue weighted by molar-refractivity contribution is 6.11. The van der Waals surface area contributed by atoms with E-state index in [1.54, 1.807) is 0 Å². The van der Waals surface area contributed by atoms with Gasteiger partial charge in [0.1, 0.15) is 0 Å². The van der Waals surface area contributed by atoms with E-state index in [1.165, 1.54) is 54.5 Å². The van der Waals surface area contributed by atoms with E-state index in [1.807, 2.05) is 0 Å². The van der Waals surface area contributed by atoms with Crippen molar-refractivity contribution in [3.05, 3.63) is 182 Å². The third-order valence-corrected chi connectivity index (χ3v) is 9.15. The molecule has 8 aromatic carbocycles. The highest BCUT2D eigenvalue weighted by Gasteiger charge is 2.17. The second-order valence-corrected chi connectivity index (χ2v) is 11.8. The van der Waals surface area contributed by atoms with Gasteiger partial charge in [-0.25, -0.2) is 0 Å². The lowest BCUT2D eigenvalue weighted by molar-refractivity contribution is 1.18. The molecule has 0 spiro atoms. The van der Waals surface area contributed by atoms with Gasteiger partial charge in [0.25, 0.3) is 0 Å². The van der Waals surface area contributed by atoms with Gasteiger partial charge in [-0.2, -0.15) is 0 Å². The van der Waals surface area contributed by atoms with E-state index in [-0.39, 0.29) is 0 Å². The Hall–Kier alpha value is -6.12. The van der Waals surface area contributed by atoms with Crippen LogP contribution in [0.2, 0.25) is 0 Å². The monoisotopic (exact) mass is 586 g/mol. The minimum atomic E-state index is 1.11. The molecule has 0 aliphatic heterocycles. The molecule has 0 radical (unpaired) electrons. The Morgan fingerprint density at radius 3 is 1.70 bits per heavy atom. The second kappa shape index (κ2) is 10.8. The summed E-state index contributed by atoms with van der Waals surface area (Å²) in [7, 11) is 0. The molecule has 0 atom stereocenters. The van der Waals surface area contributed by atoms with Crippen molar-refractivity contribution in [2.24, 2.45) is 0 Å². The number of aromatic nitrogens is 1. The van der Waals surface area contributed by atoms with Crippen LogP contribution in [0.4, 0.5) is 17.1 Å². The Morgan fingerprint density at radius 2 is 0.891 bits per heavy atom. The van der Waals surface area contributed by atoms with Crippen LogP contribution in [0.1, 0.15) is 0 Å². The van der Waals surface area contributed by atoms with Crippen LogP contribution < -0.4 is 4.90 Å². The van der Waals surface area contributed by atoms with Crippen LogP contribution in [-0.2, 0) is 0 Å². The molecule has 0 aliphatic rings. The molecule has 0 unspecified atom stereocenters. The van der Waals surface area contributed by atoms with Gasteiger partial charge in [0.05, 0.1) is 11.0 Å². The number of rotatable bonds is 5. The number of para-hydroxylation sites is 3. The lowest BCUT2D eigenvalue weighted by Gasteiger charge is -2.26. The smallest absolute Gasteiger partial charge is 0.0561 e. The maximum Gasteiger partial charge on any atom is 0.0561 e. The van der Waals surface area contributed by atoms with E-state index in [9.17, 15) is 0 Å². The molecule has 0 saturated heterocycles. The molecule has 46 heavy (non-hydrogen) atoms. The summed E-state index contributed by atoms with van der Waals surface area (Å²) in [5.74, 6) is 0. The van der Waals surface area contributed by atoms with Gasteiger partial charge in [0.15, 0.2) is 0 Å². The van der Waals surface area contributed by atoms with Crippen molar-refractivity contribution >= 4 is 60.4 Å². The molecule has 0 N–H and O–H groups in total. The Labute approximate surface area is 268 Å². The molecule has 2 nitrogen and oxygen atoms in total. The molecule has 0 saturated carbocycles. The van der Waals surface area contributed by atoms with E-state index in [0.717, 1.165) is 22.7 Å². The van der Waals surface area contributed by atoms with E-state index in [2.05, 4.69) is 191 Å². The van der Waals surface area contributed by atoms with Crippen molar-refractivity contribution < 1.29 is 0 Å². The minimum absolute atomic E-state index is 1.11. The number of anilines is 3. The highest BCUT2D eigenvalue weighted by atomic mass is 15.1. The molecule has 0 aliphatic carbocycles. The molecular formula is C44H30N2. The summed E-state index contributed by atoms with van der Waals surface area (Å²) in [6.07, 6.45) is 0. The maximum atomic E-state index is 2.38. The van der Waals surface area contributed by atoms with E-state index >= 15 is 0 Å². The fraction of sp³-hybridized carbons (Fsp3) is 0. The molecule has 2 heteroatoms. The standard InChI is InChI=1S/C44H30N2/c1-3-12-35(13-4-1)45(38-27-28-41-40-17-9-10-18-43(40)46(44(41)30-38)36-14-5-2-6-15-36)37-25-23-31(24-26-37)34-22-21-33-20-19-32-11-7-8-16-39(32)42(33)29-34/h1-30H. The maximum absolute atomic E-state index is 2.38. The molecule has 9 rings (SSSR count). The van der Waals surface area contributed by atoms with Gasteiger partial charge >= 0.3 is 0 Å². The Kier molecular flexibility index (Phi) is 6.17. The number of hydrogen-bond donors (Lipinski definition) is 0. The summed E-state index contributed by atoms with van der Waals surface area (Å²) >= 11 is 0. The number of benzene rings is 8. The SMILES string of the molecule is c1ccc(N(c2ccc(-c3ccc4ccc5ccccc5c4c3)cc2)c2ccc3c4ccccc4n(-c4ccccc4)c3c2)cc1. The van der Waals surface area contributed by atoms with Gasteiger partial charge in [0.2, 0.25) is 0 Å². The minimum Gasteiger partial charge on any atom is -0.310 e. The topological polar surface area (TPSA) is 8.17 Å². The average molecular weight is 587 g/mol. The normalized spacial score (nSPS) is 11.5. The van der Waals surface area contributed by atoms with Gasteiger partial charge in [-0.1, -0.05) is 121 Å². The predicted molar refractivity (Wildman–Crippen MR) is 196 cm³/mol. The third-order valence-electron chi connectivity index (χ3n) is 9.15. The van der Waals surface area contributed by atoms with Crippen LogP contribution >= 0.6 is 0 Å². The van der Waals surface area contributed by atoms with Crippen molar-refractivity contribution in [2.45, 2.75) is 0 Å². The summed E-state index contributed by atoms with van der Waals surface area (Å²) in [4.78, 5) is 2.35. The Morgan fingerprint density at radius 1 is 0.326 bits per heavy atom.